The summed E-state index contributed by atoms with van der Waals surface area (Å²) in [6.07, 6.45) is -0.225. The molecule has 1 amide bonds. The molecule has 1 unspecified atom stereocenters. The van der Waals surface area contributed by atoms with Crippen LogP contribution in [0.1, 0.15) is 20.8 Å². The molecule has 98 valence electrons. The van der Waals surface area contributed by atoms with Gasteiger partial charge in [-0.2, -0.15) is 0 Å². The molecule has 0 aromatic rings. The number of nitrogens with two attached hydrogens (primary N) is 1. The summed E-state index contributed by atoms with van der Waals surface area (Å²) in [7, 11) is 0. The number of carbonyl (C=O) groups excluding carboxylic acids is 1. The minimum Gasteiger partial charge on any atom is -0.444 e. The minimum absolute atomic E-state index is 0.200. The zero-order valence-corrected chi connectivity index (χ0v) is 10.8. The van der Waals surface area contributed by atoms with E-state index in [1.54, 1.807) is 4.90 Å². The molecule has 1 atom stereocenters. The van der Waals surface area contributed by atoms with E-state index in [1.165, 1.54) is 0 Å². The maximum atomic E-state index is 11.7. The number of rotatable bonds is 1. The van der Waals surface area contributed by atoms with Crippen molar-refractivity contribution >= 4 is 6.09 Å². The molecule has 2 saturated heterocycles. The van der Waals surface area contributed by atoms with Gasteiger partial charge in [-0.1, -0.05) is 0 Å². The Hall–Kier alpha value is -0.850. The molecule has 17 heavy (non-hydrogen) atoms. The van der Waals surface area contributed by atoms with Crippen LogP contribution in [0.3, 0.4) is 0 Å². The molecule has 2 aliphatic rings. The monoisotopic (exact) mass is 242 g/mol. The molecule has 3 N–H and O–H groups in total. The topological polar surface area (TPSA) is 70.8 Å². The van der Waals surface area contributed by atoms with Gasteiger partial charge < -0.3 is 15.4 Å². The minimum atomic E-state index is -0.420. The second-order valence-electron chi connectivity index (χ2n) is 5.81. The Morgan fingerprint density at radius 3 is 2.47 bits per heavy atom. The lowest BCUT2D eigenvalue weighted by Gasteiger charge is -2.43. The van der Waals surface area contributed by atoms with E-state index < -0.39 is 5.60 Å². The number of hydrogen-bond donors (Lipinski definition) is 2. The SMILES string of the molecule is CC(C)(C)OC(=O)N1CC(N2CC(N)CN2)C1. The molecular formula is C11H22N4O2. The van der Waals surface area contributed by atoms with Gasteiger partial charge >= 0.3 is 6.09 Å². The molecule has 0 bridgehead atoms. The van der Waals surface area contributed by atoms with Gasteiger partial charge in [0.1, 0.15) is 5.60 Å². The third kappa shape index (κ3) is 3.08. The van der Waals surface area contributed by atoms with Gasteiger partial charge in [0.05, 0.1) is 6.04 Å². The molecule has 0 aromatic heterocycles. The Labute approximate surface area is 102 Å². The normalized spacial score (nSPS) is 27.1. The number of hydrazine groups is 1. The van der Waals surface area contributed by atoms with Crippen LogP contribution in [-0.2, 0) is 4.74 Å². The number of nitrogens with zero attached hydrogens (tertiary/aromatic N) is 2. The van der Waals surface area contributed by atoms with Crippen molar-refractivity contribution in [1.82, 2.24) is 15.3 Å². The zero-order valence-electron chi connectivity index (χ0n) is 10.8. The quantitative estimate of drug-likeness (QED) is 0.663. The zero-order chi connectivity index (χ0) is 12.6. The Bertz CT molecular complexity index is 296. The number of likely N-dealkylation sites (tertiary alicyclic amines) is 1. The summed E-state index contributed by atoms with van der Waals surface area (Å²) in [5, 5.41) is 2.13. The van der Waals surface area contributed by atoms with E-state index in [9.17, 15) is 4.79 Å². The van der Waals surface area contributed by atoms with E-state index >= 15 is 0 Å². The molecule has 0 saturated carbocycles. The van der Waals surface area contributed by atoms with E-state index in [0.717, 1.165) is 13.1 Å². The van der Waals surface area contributed by atoms with Crippen molar-refractivity contribution in [3.05, 3.63) is 0 Å². The van der Waals surface area contributed by atoms with Crippen molar-refractivity contribution < 1.29 is 9.53 Å². The third-order valence-electron chi connectivity index (χ3n) is 2.94. The molecule has 2 rings (SSSR count). The van der Waals surface area contributed by atoms with Crippen molar-refractivity contribution in [2.45, 2.75) is 38.5 Å². The van der Waals surface area contributed by atoms with Gasteiger partial charge in [0, 0.05) is 32.2 Å². The first-order valence-corrected chi connectivity index (χ1v) is 6.09. The van der Waals surface area contributed by atoms with Gasteiger partial charge in [-0.25, -0.2) is 9.80 Å². The molecule has 6 nitrogen and oxygen atoms in total. The highest BCUT2D eigenvalue weighted by molar-refractivity contribution is 5.69. The Morgan fingerprint density at radius 1 is 1.35 bits per heavy atom. The largest absolute Gasteiger partial charge is 0.444 e. The summed E-state index contributed by atoms with van der Waals surface area (Å²) in [5.74, 6) is 0. The van der Waals surface area contributed by atoms with Crippen LogP contribution in [0.2, 0.25) is 0 Å². The maximum Gasteiger partial charge on any atom is 0.410 e. The first-order valence-electron chi connectivity index (χ1n) is 6.09. The number of nitrogens with one attached hydrogen (secondary N) is 1. The maximum absolute atomic E-state index is 11.7. The predicted octanol–water partition coefficient (Wildman–Crippen LogP) is -0.247. The first kappa shape index (κ1) is 12.6. The highest BCUT2D eigenvalue weighted by Gasteiger charge is 2.39. The highest BCUT2D eigenvalue weighted by atomic mass is 16.6. The van der Waals surface area contributed by atoms with Crippen molar-refractivity contribution in [1.29, 1.82) is 0 Å². The summed E-state index contributed by atoms with van der Waals surface area (Å²) in [6.45, 7) is 8.74. The molecule has 2 fully saturated rings. The van der Waals surface area contributed by atoms with Crippen molar-refractivity contribution in [2.24, 2.45) is 5.73 Å². The van der Waals surface area contributed by atoms with E-state index in [4.69, 9.17) is 10.5 Å². The van der Waals surface area contributed by atoms with Crippen LogP contribution in [0.15, 0.2) is 0 Å². The van der Waals surface area contributed by atoms with Crippen molar-refractivity contribution in [3.63, 3.8) is 0 Å². The number of carbonyl (C=O) groups is 1. The molecule has 0 aromatic carbocycles. The van der Waals surface area contributed by atoms with Crippen LogP contribution in [0.4, 0.5) is 4.79 Å². The molecule has 0 aliphatic carbocycles. The van der Waals surface area contributed by atoms with Crippen LogP contribution >= 0.6 is 0 Å². The average molecular weight is 242 g/mol. The Balaban J connectivity index is 1.73. The number of amides is 1. The lowest BCUT2D eigenvalue weighted by Crippen LogP contribution is -2.63. The lowest BCUT2D eigenvalue weighted by atomic mass is 10.1. The number of hydrogen-bond acceptors (Lipinski definition) is 5. The summed E-state index contributed by atoms with van der Waals surface area (Å²) in [5.41, 5.74) is 8.64. The Kier molecular flexibility index (Phi) is 3.29. The van der Waals surface area contributed by atoms with E-state index in [-0.39, 0.29) is 12.1 Å². The fourth-order valence-electron chi connectivity index (χ4n) is 2.02. The molecule has 6 heteroatoms. The van der Waals surface area contributed by atoms with E-state index in [0.29, 0.717) is 19.1 Å². The number of ether oxygens (including phenoxy) is 1. The van der Waals surface area contributed by atoms with Crippen LogP contribution in [0.5, 0.6) is 0 Å². The van der Waals surface area contributed by atoms with Crippen LogP contribution in [0, 0.1) is 0 Å². The summed E-state index contributed by atoms with van der Waals surface area (Å²) < 4.78 is 5.30. The van der Waals surface area contributed by atoms with Gasteiger partial charge in [-0.3, -0.25) is 5.43 Å². The van der Waals surface area contributed by atoms with Crippen LogP contribution in [0.25, 0.3) is 0 Å². The first-order chi connectivity index (χ1) is 7.85. The average Bonchev–Trinajstić information content (AvgIpc) is 2.45. The fraction of sp³-hybridized carbons (Fsp3) is 0.909. The van der Waals surface area contributed by atoms with Crippen LogP contribution < -0.4 is 11.2 Å². The molecule has 0 spiro atoms. The third-order valence-corrected chi connectivity index (χ3v) is 2.94. The predicted molar refractivity (Wildman–Crippen MR) is 64.3 cm³/mol. The van der Waals surface area contributed by atoms with Gasteiger partial charge in [-0.15, -0.1) is 0 Å². The van der Waals surface area contributed by atoms with Gasteiger partial charge in [0.15, 0.2) is 0 Å². The molecule has 0 radical (unpaired) electrons. The van der Waals surface area contributed by atoms with Crippen molar-refractivity contribution in [2.75, 3.05) is 26.2 Å². The van der Waals surface area contributed by atoms with Gasteiger partial charge in [0.25, 0.3) is 0 Å². The summed E-state index contributed by atoms with van der Waals surface area (Å²) in [4.78, 5) is 13.4. The summed E-state index contributed by atoms with van der Waals surface area (Å²) >= 11 is 0. The van der Waals surface area contributed by atoms with Gasteiger partial charge in [-0.05, 0) is 20.8 Å². The molecular weight excluding hydrogens is 220 g/mol. The second-order valence-corrected chi connectivity index (χ2v) is 5.81. The Morgan fingerprint density at radius 2 is 2.00 bits per heavy atom. The second kappa shape index (κ2) is 4.44. The molecule has 2 aliphatic heterocycles. The fourth-order valence-corrected chi connectivity index (χ4v) is 2.02. The van der Waals surface area contributed by atoms with E-state index in [2.05, 4.69) is 10.4 Å². The standard InChI is InChI=1S/C11H22N4O2/c1-11(2,3)17-10(16)14-6-9(7-14)15-5-8(12)4-13-15/h8-9,13H,4-7,12H2,1-3H3. The van der Waals surface area contributed by atoms with Crippen molar-refractivity contribution in [3.8, 4) is 0 Å². The molecule has 2 heterocycles. The summed E-state index contributed by atoms with van der Waals surface area (Å²) in [6, 6.07) is 0.571. The lowest BCUT2D eigenvalue weighted by molar-refractivity contribution is -0.0196. The van der Waals surface area contributed by atoms with Gasteiger partial charge in [0.2, 0.25) is 0 Å². The van der Waals surface area contributed by atoms with Crippen LogP contribution in [-0.4, -0.2) is 59.9 Å². The highest BCUT2D eigenvalue weighted by Crippen LogP contribution is 2.19. The van der Waals surface area contributed by atoms with E-state index in [1.807, 2.05) is 20.8 Å². The smallest absolute Gasteiger partial charge is 0.410 e.